The molecule has 2 aliphatic heterocycles. The lowest BCUT2D eigenvalue weighted by molar-refractivity contribution is 0.303. The zero-order valence-electron chi connectivity index (χ0n) is 11.8. The molecule has 3 heteroatoms. The van der Waals surface area contributed by atoms with Crippen molar-refractivity contribution in [1.29, 1.82) is 0 Å². The SMILES string of the molecule is CN(CCc1ccc2c(c1)CCO2)CC1CCCN1. The molecule has 19 heavy (non-hydrogen) atoms. The lowest BCUT2D eigenvalue weighted by atomic mass is 10.1. The summed E-state index contributed by atoms with van der Waals surface area (Å²) in [5.74, 6) is 1.09. The Hall–Kier alpha value is -1.06. The first-order chi connectivity index (χ1) is 9.31. The van der Waals surface area contributed by atoms with Gasteiger partial charge in [-0.05, 0) is 50.0 Å². The second kappa shape index (κ2) is 5.93. The largest absolute Gasteiger partial charge is 0.493 e. The topological polar surface area (TPSA) is 24.5 Å². The van der Waals surface area contributed by atoms with Crippen LogP contribution in [0.3, 0.4) is 0 Å². The molecule has 3 rings (SSSR count). The maximum absolute atomic E-state index is 5.55. The van der Waals surface area contributed by atoms with Gasteiger partial charge in [-0.15, -0.1) is 0 Å². The molecular weight excluding hydrogens is 236 g/mol. The van der Waals surface area contributed by atoms with E-state index in [0.29, 0.717) is 6.04 Å². The fraction of sp³-hybridized carbons (Fsp3) is 0.625. The van der Waals surface area contributed by atoms with Gasteiger partial charge in [0.25, 0.3) is 0 Å². The first kappa shape index (κ1) is 12.9. The van der Waals surface area contributed by atoms with Gasteiger partial charge in [0, 0.05) is 25.6 Å². The van der Waals surface area contributed by atoms with Crippen LogP contribution in [0.4, 0.5) is 0 Å². The van der Waals surface area contributed by atoms with Crippen LogP contribution in [0.15, 0.2) is 18.2 Å². The molecule has 1 saturated heterocycles. The summed E-state index contributed by atoms with van der Waals surface area (Å²) in [5, 5.41) is 3.56. The van der Waals surface area contributed by atoms with Gasteiger partial charge in [0.05, 0.1) is 6.61 Å². The zero-order chi connectivity index (χ0) is 13.1. The minimum Gasteiger partial charge on any atom is -0.493 e. The first-order valence-corrected chi connectivity index (χ1v) is 7.48. The van der Waals surface area contributed by atoms with Crippen molar-refractivity contribution < 1.29 is 4.74 Å². The van der Waals surface area contributed by atoms with E-state index in [1.807, 2.05) is 0 Å². The molecule has 104 valence electrons. The third kappa shape index (κ3) is 3.28. The predicted octanol–water partition coefficient (Wildman–Crippen LogP) is 1.85. The van der Waals surface area contributed by atoms with E-state index >= 15 is 0 Å². The monoisotopic (exact) mass is 260 g/mol. The highest BCUT2D eigenvalue weighted by atomic mass is 16.5. The molecule has 1 fully saturated rings. The summed E-state index contributed by atoms with van der Waals surface area (Å²) in [7, 11) is 2.23. The molecule has 0 saturated carbocycles. The minimum atomic E-state index is 0.707. The molecule has 2 heterocycles. The molecule has 3 nitrogen and oxygen atoms in total. The Labute approximate surface area is 115 Å². The number of rotatable bonds is 5. The van der Waals surface area contributed by atoms with E-state index < -0.39 is 0 Å². The predicted molar refractivity (Wildman–Crippen MR) is 77.9 cm³/mol. The van der Waals surface area contributed by atoms with E-state index in [1.165, 1.54) is 37.1 Å². The Morgan fingerprint density at radius 1 is 1.42 bits per heavy atom. The van der Waals surface area contributed by atoms with E-state index in [9.17, 15) is 0 Å². The molecule has 1 aromatic carbocycles. The van der Waals surface area contributed by atoms with Gasteiger partial charge in [-0.2, -0.15) is 0 Å². The molecular formula is C16H24N2O. The average Bonchev–Trinajstić information content (AvgIpc) is 3.06. The Morgan fingerprint density at radius 2 is 2.37 bits per heavy atom. The van der Waals surface area contributed by atoms with Gasteiger partial charge in [0.2, 0.25) is 0 Å². The maximum Gasteiger partial charge on any atom is 0.122 e. The van der Waals surface area contributed by atoms with Crippen molar-refractivity contribution in [3.63, 3.8) is 0 Å². The summed E-state index contributed by atoms with van der Waals surface area (Å²) in [6.45, 7) is 4.36. The molecule has 0 radical (unpaired) electrons. The summed E-state index contributed by atoms with van der Waals surface area (Å²) in [6.07, 6.45) is 4.88. The number of nitrogens with one attached hydrogen (secondary N) is 1. The third-order valence-corrected chi connectivity index (χ3v) is 4.23. The minimum absolute atomic E-state index is 0.707. The first-order valence-electron chi connectivity index (χ1n) is 7.48. The summed E-state index contributed by atoms with van der Waals surface area (Å²) < 4.78 is 5.55. The fourth-order valence-corrected chi connectivity index (χ4v) is 3.10. The molecule has 1 unspecified atom stereocenters. The second-order valence-corrected chi connectivity index (χ2v) is 5.85. The Bertz CT molecular complexity index is 427. The van der Waals surface area contributed by atoms with Gasteiger partial charge in [-0.3, -0.25) is 0 Å². The zero-order valence-corrected chi connectivity index (χ0v) is 11.8. The van der Waals surface area contributed by atoms with Crippen molar-refractivity contribution in [2.24, 2.45) is 0 Å². The third-order valence-electron chi connectivity index (χ3n) is 4.23. The average molecular weight is 260 g/mol. The van der Waals surface area contributed by atoms with Gasteiger partial charge in [0.1, 0.15) is 5.75 Å². The fourth-order valence-electron chi connectivity index (χ4n) is 3.10. The molecule has 1 aromatic rings. The van der Waals surface area contributed by atoms with Crippen LogP contribution in [0.5, 0.6) is 5.75 Å². The van der Waals surface area contributed by atoms with Crippen LogP contribution in [0, 0.1) is 0 Å². The van der Waals surface area contributed by atoms with Gasteiger partial charge < -0.3 is 15.0 Å². The molecule has 2 aliphatic rings. The number of nitrogens with zero attached hydrogens (tertiary/aromatic N) is 1. The van der Waals surface area contributed by atoms with E-state index in [0.717, 1.165) is 31.7 Å². The molecule has 1 N–H and O–H groups in total. The molecule has 0 bridgehead atoms. The van der Waals surface area contributed by atoms with Crippen LogP contribution in [0.1, 0.15) is 24.0 Å². The number of likely N-dealkylation sites (N-methyl/N-ethyl adjacent to an activating group) is 1. The van der Waals surface area contributed by atoms with Crippen molar-refractivity contribution in [2.45, 2.75) is 31.7 Å². The lowest BCUT2D eigenvalue weighted by Crippen LogP contribution is -2.36. The van der Waals surface area contributed by atoms with Gasteiger partial charge in [-0.25, -0.2) is 0 Å². The Morgan fingerprint density at radius 3 is 3.21 bits per heavy atom. The quantitative estimate of drug-likeness (QED) is 0.874. The summed E-state index contributed by atoms with van der Waals surface area (Å²) >= 11 is 0. The van der Waals surface area contributed by atoms with Crippen LogP contribution in [-0.2, 0) is 12.8 Å². The normalized spacial score (nSPS) is 21.7. The van der Waals surface area contributed by atoms with Crippen molar-refractivity contribution in [2.75, 3.05) is 33.3 Å². The van der Waals surface area contributed by atoms with Crippen LogP contribution in [-0.4, -0.2) is 44.2 Å². The number of benzene rings is 1. The van der Waals surface area contributed by atoms with E-state index in [-0.39, 0.29) is 0 Å². The van der Waals surface area contributed by atoms with Gasteiger partial charge >= 0.3 is 0 Å². The standard InChI is InChI=1S/C16H24N2O/c1-18(12-15-3-2-8-17-15)9-6-13-4-5-16-14(11-13)7-10-19-16/h4-5,11,15,17H,2-3,6-10,12H2,1H3. The van der Waals surface area contributed by atoms with Crippen molar-refractivity contribution in [1.82, 2.24) is 10.2 Å². The highest BCUT2D eigenvalue weighted by molar-refractivity contribution is 5.39. The molecule has 0 amide bonds. The number of hydrogen-bond acceptors (Lipinski definition) is 3. The van der Waals surface area contributed by atoms with E-state index in [2.05, 4.69) is 35.5 Å². The van der Waals surface area contributed by atoms with Gasteiger partial charge in [-0.1, -0.05) is 12.1 Å². The van der Waals surface area contributed by atoms with Crippen molar-refractivity contribution in [3.05, 3.63) is 29.3 Å². The highest BCUT2D eigenvalue weighted by Crippen LogP contribution is 2.26. The lowest BCUT2D eigenvalue weighted by Gasteiger charge is -2.21. The summed E-state index contributed by atoms with van der Waals surface area (Å²) in [5.41, 5.74) is 2.83. The Kier molecular flexibility index (Phi) is 4.04. The van der Waals surface area contributed by atoms with Crippen LogP contribution in [0.2, 0.25) is 0 Å². The molecule has 0 aromatic heterocycles. The smallest absolute Gasteiger partial charge is 0.122 e. The molecule has 0 spiro atoms. The number of fused-ring (bicyclic) bond motifs is 1. The highest BCUT2D eigenvalue weighted by Gasteiger charge is 2.16. The summed E-state index contributed by atoms with van der Waals surface area (Å²) in [6, 6.07) is 7.38. The molecule has 1 atom stereocenters. The number of ether oxygens (including phenoxy) is 1. The molecule has 0 aliphatic carbocycles. The van der Waals surface area contributed by atoms with Crippen molar-refractivity contribution >= 4 is 0 Å². The number of hydrogen-bond donors (Lipinski definition) is 1. The van der Waals surface area contributed by atoms with Gasteiger partial charge in [0.15, 0.2) is 0 Å². The van der Waals surface area contributed by atoms with E-state index in [4.69, 9.17) is 4.74 Å². The maximum atomic E-state index is 5.55. The Balaban J connectivity index is 1.48. The van der Waals surface area contributed by atoms with Crippen molar-refractivity contribution in [3.8, 4) is 5.75 Å². The van der Waals surface area contributed by atoms with Crippen LogP contribution < -0.4 is 10.1 Å². The van der Waals surface area contributed by atoms with Crippen LogP contribution >= 0.6 is 0 Å². The van der Waals surface area contributed by atoms with E-state index in [1.54, 1.807) is 0 Å². The van der Waals surface area contributed by atoms with Crippen LogP contribution in [0.25, 0.3) is 0 Å². The summed E-state index contributed by atoms with van der Waals surface area (Å²) in [4.78, 5) is 2.45. The second-order valence-electron chi connectivity index (χ2n) is 5.85.